The second kappa shape index (κ2) is 7.41. The third-order valence-electron chi connectivity index (χ3n) is 5.34. The van der Waals surface area contributed by atoms with Crippen LogP contribution < -0.4 is 10.8 Å². The summed E-state index contributed by atoms with van der Waals surface area (Å²) < 4.78 is 50.2. The summed E-state index contributed by atoms with van der Waals surface area (Å²) in [6, 6.07) is 7.24. The van der Waals surface area contributed by atoms with E-state index in [0.29, 0.717) is 23.1 Å². The molecule has 0 unspecified atom stereocenters. The van der Waals surface area contributed by atoms with Crippen LogP contribution in [0.15, 0.2) is 30.5 Å². The number of rotatable bonds is 4. The molecular weight excluding hydrogens is 404 g/mol. The molecule has 0 radical (unpaired) electrons. The van der Waals surface area contributed by atoms with E-state index in [4.69, 9.17) is 9.31 Å². The van der Waals surface area contributed by atoms with Gasteiger partial charge in [-0.05, 0) is 45.6 Å². The number of nitrogens with zero attached hydrogens (tertiary/aromatic N) is 1. The monoisotopic (exact) mass is 426 g/mol. The van der Waals surface area contributed by atoms with E-state index >= 15 is 0 Å². The number of anilines is 1. The average molecular weight is 426 g/mol. The van der Waals surface area contributed by atoms with E-state index in [-0.39, 0.29) is 5.13 Å². The summed E-state index contributed by atoms with van der Waals surface area (Å²) in [6.07, 6.45) is -3.77. The van der Waals surface area contributed by atoms with Crippen LogP contribution in [-0.2, 0) is 20.3 Å². The molecule has 1 aromatic carbocycles. The molecule has 0 spiro atoms. The summed E-state index contributed by atoms with van der Waals surface area (Å²) in [6.45, 7) is 9.50. The first-order chi connectivity index (χ1) is 13.3. The summed E-state index contributed by atoms with van der Waals surface area (Å²) in [5, 5.41) is 2.37. The topological polar surface area (TPSA) is 60.5 Å². The zero-order valence-corrected chi connectivity index (χ0v) is 17.6. The second-order valence-corrected chi connectivity index (χ2v) is 9.03. The van der Waals surface area contributed by atoms with Gasteiger partial charge in [0, 0.05) is 0 Å². The number of benzene rings is 1. The minimum atomic E-state index is -4.48. The number of amides is 1. The lowest BCUT2D eigenvalue weighted by Gasteiger charge is -2.32. The molecule has 1 amide bonds. The van der Waals surface area contributed by atoms with Crippen LogP contribution in [0.3, 0.4) is 0 Å². The number of thiazole rings is 1. The van der Waals surface area contributed by atoms with Crippen molar-refractivity contribution >= 4 is 35.0 Å². The SMILES string of the molecule is C[C@H](C(=O)Nc1ncc(C(F)(F)F)s1)c1cccc(B2OC(C)(C)C(C)(C)O2)c1. The van der Waals surface area contributed by atoms with E-state index < -0.39 is 41.2 Å². The van der Waals surface area contributed by atoms with Gasteiger partial charge in [0.25, 0.3) is 0 Å². The van der Waals surface area contributed by atoms with Crippen molar-refractivity contribution in [3.63, 3.8) is 0 Å². The molecular formula is C19H22BF3N2O3S. The smallest absolute Gasteiger partial charge is 0.399 e. The highest BCUT2D eigenvalue weighted by atomic mass is 32.1. The number of carbonyl (C=O) groups excluding carboxylic acids is 1. The Bertz CT molecular complexity index is 898. The van der Waals surface area contributed by atoms with Gasteiger partial charge in [0.1, 0.15) is 4.88 Å². The minimum absolute atomic E-state index is 0.0868. The second-order valence-electron chi connectivity index (χ2n) is 8.00. The third-order valence-corrected chi connectivity index (χ3v) is 6.30. The number of alkyl halides is 3. The Morgan fingerprint density at radius 3 is 2.38 bits per heavy atom. The highest BCUT2D eigenvalue weighted by Crippen LogP contribution is 2.37. The molecule has 2 heterocycles. The molecule has 0 bridgehead atoms. The van der Waals surface area contributed by atoms with Crippen molar-refractivity contribution in [3.05, 3.63) is 40.9 Å². The molecule has 1 aromatic heterocycles. The Hall–Kier alpha value is -1.91. The van der Waals surface area contributed by atoms with Gasteiger partial charge in [-0.25, -0.2) is 4.98 Å². The first kappa shape index (κ1) is 21.8. The van der Waals surface area contributed by atoms with E-state index in [0.717, 1.165) is 5.46 Å². The molecule has 156 valence electrons. The van der Waals surface area contributed by atoms with Crippen LogP contribution in [0.1, 0.15) is 51.0 Å². The van der Waals surface area contributed by atoms with Gasteiger partial charge < -0.3 is 14.6 Å². The Morgan fingerprint density at radius 2 is 1.83 bits per heavy atom. The van der Waals surface area contributed by atoms with Crippen molar-refractivity contribution in [2.45, 2.75) is 57.9 Å². The Balaban J connectivity index is 1.73. The number of nitrogens with one attached hydrogen (secondary N) is 1. The Morgan fingerprint density at radius 1 is 1.21 bits per heavy atom. The van der Waals surface area contributed by atoms with E-state index in [9.17, 15) is 18.0 Å². The highest BCUT2D eigenvalue weighted by molar-refractivity contribution is 7.15. The van der Waals surface area contributed by atoms with Gasteiger partial charge in [0.15, 0.2) is 5.13 Å². The normalized spacial score (nSPS) is 19.2. The van der Waals surface area contributed by atoms with E-state index in [2.05, 4.69) is 10.3 Å². The van der Waals surface area contributed by atoms with Gasteiger partial charge in [-0.1, -0.05) is 35.6 Å². The lowest BCUT2D eigenvalue weighted by Crippen LogP contribution is -2.41. The van der Waals surface area contributed by atoms with Crippen LogP contribution in [-0.4, -0.2) is 29.2 Å². The molecule has 29 heavy (non-hydrogen) atoms. The zero-order chi connectivity index (χ0) is 21.6. The summed E-state index contributed by atoms with van der Waals surface area (Å²) in [4.78, 5) is 15.3. The van der Waals surface area contributed by atoms with Gasteiger partial charge in [-0.3, -0.25) is 4.79 Å². The van der Waals surface area contributed by atoms with Crippen molar-refractivity contribution in [3.8, 4) is 0 Å². The molecule has 1 fully saturated rings. The minimum Gasteiger partial charge on any atom is -0.399 e. The highest BCUT2D eigenvalue weighted by Gasteiger charge is 2.51. The van der Waals surface area contributed by atoms with Gasteiger partial charge in [0.2, 0.25) is 5.91 Å². The molecule has 1 N–H and O–H groups in total. The van der Waals surface area contributed by atoms with Crippen LogP contribution in [0, 0.1) is 0 Å². The van der Waals surface area contributed by atoms with Gasteiger partial charge in [-0.15, -0.1) is 0 Å². The average Bonchev–Trinajstić information content (AvgIpc) is 3.16. The van der Waals surface area contributed by atoms with Crippen LogP contribution in [0.5, 0.6) is 0 Å². The number of aromatic nitrogens is 1. The van der Waals surface area contributed by atoms with Gasteiger partial charge in [0.05, 0.1) is 23.3 Å². The van der Waals surface area contributed by atoms with E-state index in [1.807, 2.05) is 39.8 Å². The molecule has 1 saturated heterocycles. The fourth-order valence-electron chi connectivity index (χ4n) is 2.78. The van der Waals surface area contributed by atoms with Crippen molar-refractivity contribution < 1.29 is 27.3 Å². The largest absolute Gasteiger partial charge is 0.494 e. The molecule has 5 nitrogen and oxygen atoms in total. The fourth-order valence-corrected chi connectivity index (χ4v) is 3.47. The standard InChI is InChI=1S/C19H22BF3N2O3S/c1-11(15(26)25-16-24-10-14(29-16)19(21,22)23)12-7-6-8-13(9-12)20-27-17(2,3)18(4,5)28-20/h6-11H,1-5H3,(H,24,25,26)/t11-/m0/s1. The quantitative estimate of drug-likeness (QED) is 0.745. The summed E-state index contributed by atoms with van der Waals surface area (Å²) in [7, 11) is -0.566. The lowest BCUT2D eigenvalue weighted by atomic mass is 9.77. The maximum Gasteiger partial charge on any atom is 0.494 e. The van der Waals surface area contributed by atoms with Crippen molar-refractivity contribution in [2.24, 2.45) is 0 Å². The summed E-state index contributed by atoms with van der Waals surface area (Å²) in [5.41, 5.74) is 0.492. The molecule has 1 aliphatic rings. The lowest BCUT2D eigenvalue weighted by molar-refractivity contribution is -0.134. The number of carbonyl (C=O) groups is 1. The van der Waals surface area contributed by atoms with Crippen LogP contribution in [0.4, 0.5) is 18.3 Å². The molecule has 1 aliphatic heterocycles. The molecule has 3 rings (SSSR count). The number of hydrogen-bond donors (Lipinski definition) is 1. The predicted molar refractivity (Wildman–Crippen MR) is 106 cm³/mol. The van der Waals surface area contributed by atoms with Crippen molar-refractivity contribution in [1.82, 2.24) is 4.98 Å². The molecule has 0 saturated carbocycles. The Labute approximate surface area is 171 Å². The van der Waals surface area contributed by atoms with E-state index in [1.165, 1.54) is 0 Å². The van der Waals surface area contributed by atoms with Gasteiger partial charge in [-0.2, -0.15) is 13.2 Å². The third kappa shape index (κ3) is 4.49. The van der Waals surface area contributed by atoms with E-state index in [1.54, 1.807) is 19.1 Å². The first-order valence-electron chi connectivity index (χ1n) is 9.09. The van der Waals surface area contributed by atoms with Crippen LogP contribution in [0.2, 0.25) is 0 Å². The molecule has 1 atom stereocenters. The molecule has 10 heteroatoms. The fraction of sp³-hybridized carbons (Fsp3) is 0.474. The van der Waals surface area contributed by atoms with Crippen molar-refractivity contribution in [1.29, 1.82) is 0 Å². The zero-order valence-electron chi connectivity index (χ0n) is 16.8. The first-order valence-corrected chi connectivity index (χ1v) is 9.91. The summed E-state index contributed by atoms with van der Waals surface area (Å²) >= 11 is 0.396. The van der Waals surface area contributed by atoms with Crippen molar-refractivity contribution in [2.75, 3.05) is 5.32 Å². The predicted octanol–water partition coefficient (Wildman–Crippen LogP) is 4.20. The Kier molecular flexibility index (Phi) is 5.57. The number of halogens is 3. The van der Waals surface area contributed by atoms with Gasteiger partial charge >= 0.3 is 13.3 Å². The van der Waals surface area contributed by atoms with Crippen LogP contribution >= 0.6 is 11.3 Å². The maximum absolute atomic E-state index is 12.7. The molecule has 0 aliphatic carbocycles. The van der Waals surface area contributed by atoms with Crippen LogP contribution in [0.25, 0.3) is 0 Å². The number of hydrogen-bond acceptors (Lipinski definition) is 5. The summed E-state index contributed by atoms with van der Waals surface area (Å²) in [5.74, 6) is -1.05. The molecule has 2 aromatic rings. The maximum atomic E-state index is 12.7.